The molecule has 2 aromatic rings. The van der Waals surface area contributed by atoms with Crippen LogP contribution >= 0.6 is 0 Å². The largest absolute Gasteiger partial charge is 0.366 e. The number of carbonyl (C=O) groups is 1. The van der Waals surface area contributed by atoms with Crippen LogP contribution in [0.3, 0.4) is 0 Å². The van der Waals surface area contributed by atoms with Gasteiger partial charge in [0.1, 0.15) is 0 Å². The predicted octanol–water partition coefficient (Wildman–Crippen LogP) is 1.61. The van der Waals surface area contributed by atoms with E-state index < -0.39 is 5.91 Å². The van der Waals surface area contributed by atoms with Crippen molar-refractivity contribution in [2.45, 2.75) is 20.4 Å². The highest BCUT2D eigenvalue weighted by atomic mass is 16.1. The highest BCUT2D eigenvalue weighted by molar-refractivity contribution is 5.93. The molecule has 0 bridgehead atoms. The molecule has 1 aromatic heterocycles. The number of rotatable bonds is 3. The van der Waals surface area contributed by atoms with Gasteiger partial charge in [-0.1, -0.05) is 12.1 Å². The summed E-state index contributed by atoms with van der Waals surface area (Å²) in [6.07, 6.45) is 1.76. The Labute approximate surface area is 111 Å². The minimum Gasteiger partial charge on any atom is -0.366 e. The van der Waals surface area contributed by atoms with Gasteiger partial charge in [0.2, 0.25) is 5.91 Å². The van der Waals surface area contributed by atoms with E-state index in [4.69, 9.17) is 5.73 Å². The van der Waals surface area contributed by atoms with Crippen molar-refractivity contribution in [2.75, 3.05) is 0 Å². The maximum atomic E-state index is 11.9. The first-order valence-corrected chi connectivity index (χ1v) is 6.04. The van der Waals surface area contributed by atoms with E-state index in [0.29, 0.717) is 17.7 Å². The quantitative estimate of drug-likeness (QED) is 0.906. The topological polar surface area (TPSA) is 65.1 Å². The van der Waals surface area contributed by atoms with Crippen LogP contribution in [0.2, 0.25) is 0 Å². The number of hydrogen-bond acceptors (Lipinski definition) is 2. The SMILES string of the molecule is Cc1cc(C(N)=O)ccc1Cn1cccc(C)c1=O. The summed E-state index contributed by atoms with van der Waals surface area (Å²) < 4.78 is 1.65. The van der Waals surface area contributed by atoms with Crippen molar-refractivity contribution < 1.29 is 4.79 Å². The van der Waals surface area contributed by atoms with E-state index in [2.05, 4.69) is 0 Å². The number of nitrogens with zero attached hydrogens (tertiary/aromatic N) is 1. The molecule has 4 heteroatoms. The Morgan fingerprint density at radius 3 is 2.58 bits per heavy atom. The standard InChI is InChI=1S/C15H16N2O2/c1-10-4-3-7-17(15(10)19)9-13-6-5-12(14(16)18)8-11(13)2/h3-8H,9H2,1-2H3,(H2,16,18). The summed E-state index contributed by atoms with van der Waals surface area (Å²) in [5.41, 5.74) is 8.38. The second-order valence-electron chi connectivity index (χ2n) is 4.63. The number of carbonyl (C=O) groups excluding carboxylic acids is 1. The summed E-state index contributed by atoms with van der Waals surface area (Å²) in [6, 6.07) is 8.92. The highest BCUT2D eigenvalue weighted by Gasteiger charge is 2.06. The molecule has 2 N–H and O–H groups in total. The number of pyridine rings is 1. The zero-order chi connectivity index (χ0) is 14.0. The lowest BCUT2D eigenvalue weighted by Crippen LogP contribution is -2.22. The first-order chi connectivity index (χ1) is 8.99. The molecule has 98 valence electrons. The molecule has 1 heterocycles. The van der Waals surface area contributed by atoms with Gasteiger partial charge >= 0.3 is 0 Å². The third-order valence-electron chi connectivity index (χ3n) is 3.18. The fraction of sp³-hybridized carbons (Fsp3) is 0.200. The number of primary amides is 1. The molecule has 0 atom stereocenters. The Kier molecular flexibility index (Phi) is 3.51. The number of aryl methyl sites for hydroxylation is 2. The van der Waals surface area contributed by atoms with Gasteiger partial charge in [-0.2, -0.15) is 0 Å². The molecule has 0 saturated carbocycles. The summed E-state index contributed by atoms with van der Waals surface area (Å²) in [4.78, 5) is 23.0. The van der Waals surface area contributed by atoms with Crippen LogP contribution in [0.1, 0.15) is 27.0 Å². The van der Waals surface area contributed by atoms with Gasteiger partial charge in [0.05, 0.1) is 6.54 Å². The normalized spacial score (nSPS) is 10.4. The summed E-state index contributed by atoms with van der Waals surface area (Å²) in [5.74, 6) is -0.442. The molecule has 19 heavy (non-hydrogen) atoms. The molecule has 0 spiro atoms. The zero-order valence-corrected chi connectivity index (χ0v) is 11.0. The van der Waals surface area contributed by atoms with Crippen LogP contribution in [0.15, 0.2) is 41.3 Å². The Bertz CT molecular complexity index is 687. The Morgan fingerprint density at radius 2 is 1.95 bits per heavy atom. The first-order valence-electron chi connectivity index (χ1n) is 6.04. The maximum absolute atomic E-state index is 11.9. The maximum Gasteiger partial charge on any atom is 0.253 e. The lowest BCUT2D eigenvalue weighted by atomic mass is 10.0. The molecule has 0 aliphatic carbocycles. The van der Waals surface area contributed by atoms with Gasteiger partial charge in [0.15, 0.2) is 0 Å². The van der Waals surface area contributed by atoms with E-state index >= 15 is 0 Å². The van der Waals surface area contributed by atoms with Crippen molar-refractivity contribution in [3.05, 3.63) is 69.1 Å². The van der Waals surface area contributed by atoms with Gasteiger partial charge in [-0.3, -0.25) is 9.59 Å². The van der Waals surface area contributed by atoms with Crippen LogP contribution < -0.4 is 11.3 Å². The van der Waals surface area contributed by atoms with E-state index in [0.717, 1.165) is 11.1 Å². The molecule has 0 aliphatic heterocycles. The molecule has 1 amide bonds. The van der Waals surface area contributed by atoms with Crippen LogP contribution in [-0.4, -0.2) is 10.5 Å². The van der Waals surface area contributed by atoms with Crippen molar-refractivity contribution >= 4 is 5.91 Å². The van der Waals surface area contributed by atoms with E-state index in [1.54, 1.807) is 35.9 Å². The summed E-state index contributed by atoms with van der Waals surface area (Å²) in [5, 5.41) is 0. The Hall–Kier alpha value is -2.36. The van der Waals surface area contributed by atoms with Crippen molar-refractivity contribution in [1.82, 2.24) is 4.57 Å². The van der Waals surface area contributed by atoms with Crippen LogP contribution in [0, 0.1) is 13.8 Å². The van der Waals surface area contributed by atoms with Crippen LogP contribution in [0.25, 0.3) is 0 Å². The molecule has 2 rings (SSSR count). The van der Waals surface area contributed by atoms with Crippen molar-refractivity contribution in [1.29, 1.82) is 0 Å². The fourth-order valence-electron chi connectivity index (χ4n) is 1.99. The van der Waals surface area contributed by atoms with Crippen LogP contribution in [0.5, 0.6) is 0 Å². The molecule has 0 radical (unpaired) electrons. The van der Waals surface area contributed by atoms with E-state index in [-0.39, 0.29) is 5.56 Å². The molecular formula is C15H16N2O2. The number of hydrogen-bond donors (Lipinski definition) is 1. The van der Waals surface area contributed by atoms with E-state index in [1.807, 2.05) is 19.1 Å². The molecule has 0 fully saturated rings. The van der Waals surface area contributed by atoms with Gasteiger partial charge in [-0.05, 0) is 43.2 Å². The van der Waals surface area contributed by atoms with E-state index in [1.165, 1.54) is 0 Å². The summed E-state index contributed by atoms with van der Waals surface area (Å²) in [7, 11) is 0. The van der Waals surface area contributed by atoms with Crippen molar-refractivity contribution in [3.63, 3.8) is 0 Å². The molecule has 4 nitrogen and oxygen atoms in total. The third kappa shape index (κ3) is 2.73. The van der Waals surface area contributed by atoms with Gasteiger partial charge in [-0.15, -0.1) is 0 Å². The highest BCUT2D eigenvalue weighted by Crippen LogP contribution is 2.12. The monoisotopic (exact) mass is 256 g/mol. The molecule has 1 aromatic carbocycles. The van der Waals surface area contributed by atoms with Gasteiger partial charge in [0.25, 0.3) is 5.56 Å². The predicted molar refractivity (Wildman–Crippen MR) is 74.2 cm³/mol. The van der Waals surface area contributed by atoms with Gasteiger partial charge in [0, 0.05) is 17.3 Å². The van der Waals surface area contributed by atoms with E-state index in [9.17, 15) is 9.59 Å². The number of benzene rings is 1. The summed E-state index contributed by atoms with van der Waals surface area (Å²) >= 11 is 0. The molecule has 0 unspecified atom stereocenters. The minimum absolute atomic E-state index is 0.000813. The lowest BCUT2D eigenvalue weighted by molar-refractivity contribution is 0.1000. The first kappa shape index (κ1) is 13.1. The molecule has 0 saturated heterocycles. The second kappa shape index (κ2) is 5.10. The van der Waals surface area contributed by atoms with Crippen LogP contribution in [-0.2, 0) is 6.54 Å². The number of nitrogens with two attached hydrogens (primary N) is 1. The van der Waals surface area contributed by atoms with Crippen molar-refractivity contribution in [2.24, 2.45) is 5.73 Å². The Morgan fingerprint density at radius 1 is 1.21 bits per heavy atom. The van der Waals surface area contributed by atoms with Gasteiger partial charge < -0.3 is 10.3 Å². The Balaban J connectivity index is 2.36. The summed E-state index contributed by atoms with van der Waals surface area (Å²) in [6.45, 7) is 4.19. The minimum atomic E-state index is -0.442. The third-order valence-corrected chi connectivity index (χ3v) is 3.18. The fourth-order valence-corrected chi connectivity index (χ4v) is 1.99. The van der Waals surface area contributed by atoms with Gasteiger partial charge in [-0.25, -0.2) is 0 Å². The average molecular weight is 256 g/mol. The average Bonchev–Trinajstić information content (AvgIpc) is 2.37. The zero-order valence-electron chi connectivity index (χ0n) is 11.0. The second-order valence-corrected chi connectivity index (χ2v) is 4.63. The molecular weight excluding hydrogens is 240 g/mol. The molecule has 0 aliphatic rings. The van der Waals surface area contributed by atoms with Crippen molar-refractivity contribution in [3.8, 4) is 0 Å². The number of amides is 1. The number of aromatic nitrogens is 1. The lowest BCUT2D eigenvalue weighted by Gasteiger charge is -2.10. The van der Waals surface area contributed by atoms with Crippen LogP contribution in [0.4, 0.5) is 0 Å². The smallest absolute Gasteiger partial charge is 0.253 e.